The van der Waals surface area contributed by atoms with Crippen molar-refractivity contribution in [2.24, 2.45) is 0 Å². The Hall–Kier alpha value is -0.740. The van der Waals surface area contributed by atoms with Crippen LogP contribution in [0.3, 0.4) is 0 Å². The minimum atomic E-state index is -2.96. The number of halogens is 1. The van der Waals surface area contributed by atoms with Crippen LogP contribution < -0.4 is 5.32 Å². The molecule has 0 saturated heterocycles. The number of anilines is 1. The van der Waals surface area contributed by atoms with Crippen LogP contribution in [-0.4, -0.2) is 26.5 Å². The second-order valence-electron chi connectivity index (χ2n) is 4.10. The molecule has 90 valence electrons. The van der Waals surface area contributed by atoms with Gasteiger partial charge in [0.1, 0.15) is 9.84 Å². The highest BCUT2D eigenvalue weighted by atomic mass is 35.5. The van der Waals surface area contributed by atoms with Crippen LogP contribution in [0.5, 0.6) is 0 Å². The van der Waals surface area contributed by atoms with Crippen LogP contribution >= 0.6 is 11.6 Å². The average molecular weight is 262 g/mol. The van der Waals surface area contributed by atoms with Gasteiger partial charge >= 0.3 is 0 Å². The molecular formula is C11H16ClNO2S. The van der Waals surface area contributed by atoms with Crippen molar-refractivity contribution in [3.63, 3.8) is 0 Å². The third-order valence-corrected chi connectivity index (χ3v) is 3.65. The summed E-state index contributed by atoms with van der Waals surface area (Å²) in [6.07, 6.45) is 1.23. The first kappa shape index (κ1) is 13.3. The zero-order valence-electron chi connectivity index (χ0n) is 9.62. The molecule has 1 aromatic carbocycles. The summed E-state index contributed by atoms with van der Waals surface area (Å²) < 4.78 is 22.2. The SMILES string of the molecule is Cc1ccc(NC(C)CS(C)(=O)=O)cc1Cl. The molecule has 3 nitrogen and oxygen atoms in total. The molecule has 1 unspecified atom stereocenters. The van der Waals surface area contributed by atoms with Gasteiger partial charge in [0.05, 0.1) is 5.75 Å². The van der Waals surface area contributed by atoms with E-state index in [4.69, 9.17) is 11.6 Å². The van der Waals surface area contributed by atoms with Gasteiger partial charge in [0.2, 0.25) is 0 Å². The quantitative estimate of drug-likeness (QED) is 0.906. The molecule has 0 bridgehead atoms. The minimum absolute atomic E-state index is 0.110. The zero-order chi connectivity index (χ0) is 12.3. The van der Waals surface area contributed by atoms with Crippen LogP contribution in [-0.2, 0) is 9.84 Å². The van der Waals surface area contributed by atoms with Crippen LogP contribution in [0.2, 0.25) is 5.02 Å². The molecule has 0 aromatic heterocycles. The van der Waals surface area contributed by atoms with E-state index in [9.17, 15) is 8.42 Å². The number of aryl methyl sites for hydroxylation is 1. The molecule has 1 rings (SSSR count). The predicted octanol–water partition coefficient (Wildman–Crippen LogP) is 2.49. The Morgan fingerprint density at radius 3 is 2.56 bits per heavy atom. The highest BCUT2D eigenvalue weighted by Gasteiger charge is 2.10. The van der Waals surface area contributed by atoms with Gasteiger partial charge in [0.15, 0.2) is 0 Å². The van der Waals surface area contributed by atoms with Crippen molar-refractivity contribution < 1.29 is 8.42 Å². The fraction of sp³-hybridized carbons (Fsp3) is 0.455. The lowest BCUT2D eigenvalue weighted by atomic mass is 10.2. The van der Waals surface area contributed by atoms with Crippen molar-refractivity contribution in [1.29, 1.82) is 0 Å². The van der Waals surface area contributed by atoms with Crippen LogP contribution in [0.1, 0.15) is 12.5 Å². The molecule has 0 radical (unpaired) electrons. The molecular weight excluding hydrogens is 246 g/mol. The van der Waals surface area contributed by atoms with Crippen molar-refractivity contribution in [3.8, 4) is 0 Å². The Morgan fingerprint density at radius 1 is 1.44 bits per heavy atom. The summed E-state index contributed by atoms with van der Waals surface area (Å²) in [6.45, 7) is 3.75. The lowest BCUT2D eigenvalue weighted by Crippen LogP contribution is -2.24. The molecule has 0 aliphatic rings. The summed E-state index contributed by atoms with van der Waals surface area (Å²) in [7, 11) is -2.96. The summed E-state index contributed by atoms with van der Waals surface area (Å²) in [5.74, 6) is 0.110. The van der Waals surface area contributed by atoms with Gasteiger partial charge in [0, 0.05) is 23.0 Å². The fourth-order valence-electron chi connectivity index (χ4n) is 1.46. The lowest BCUT2D eigenvalue weighted by Gasteiger charge is -2.14. The highest BCUT2D eigenvalue weighted by Crippen LogP contribution is 2.20. The molecule has 1 aromatic rings. The monoisotopic (exact) mass is 261 g/mol. The first-order valence-electron chi connectivity index (χ1n) is 4.98. The standard InChI is InChI=1S/C11H16ClNO2S/c1-8-4-5-10(6-11(8)12)13-9(2)7-16(3,14)15/h4-6,9,13H,7H2,1-3H3. The summed E-state index contributed by atoms with van der Waals surface area (Å²) >= 11 is 5.97. The number of hydrogen-bond donors (Lipinski definition) is 1. The van der Waals surface area contributed by atoms with E-state index in [1.54, 1.807) is 6.07 Å². The van der Waals surface area contributed by atoms with E-state index in [0.29, 0.717) is 5.02 Å². The average Bonchev–Trinajstić information content (AvgIpc) is 2.08. The van der Waals surface area contributed by atoms with Crippen LogP contribution in [0.4, 0.5) is 5.69 Å². The molecule has 1 N–H and O–H groups in total. The predicted molar refractivity (Wildman–Crippen MR) is 69.0 cm³/mol. The topological polar surface area (TPSA) is 46.2 Å². The van der Waals surface area contributed by atoms with E-state index in [1.807, 2.05) is 26.0 Å². The van der Waals surface area contributed by atoms with Crippen molar-refractivity contribution >= 4 is 27.1 Å². The van der Waals surface area contributed by atoms with Crippen molar-refractivity contribution in [1.82, 2.24) is 0 Å². The zero-order valence-corrected chi connectivity index (χ0v) is 11.2. The van der Waals surface area contributed by atoms with Gasteiger partial charge in [-0.25, -0.2) is 8.42 Å². The van der Waals surface area contributed by atoms with E-state index in [2.05, 4.69) is 5.32 Å². The number of sulfone groups is 1. The Bertz CT molecular complexity index is 471. The van der Waals surface area contributed by atoms with Crippen molar-refractivity contribution in [2.45, 2.75) is 19.9 Å². The maximum Gasteiger partial charge on any atom is 0.149 e. The number of rotatable bonds is 4. The summed E-state index contributed by atoms with van der Waals surface area (Å²) in [5.41, 5.74) is 1.84. The van der Waals surface area contributed by atoms with Crippen LogP contribution in [0.25, 0.3) is 0 Å². The number of benzene rings is 1. The van der Waals surface area contributed by atoms with Crippen LogP contribution in [0.15, 0.2) is 18.2 Å². The van der Waals surface area contributed by atoms with Gasteiger partial charge in [-0.15, -0.1) is 0 Å². The molecule has 0 heterocycles. The molecule has 0 saturated carbocycles. The minimum Gasteiger partial charge on any atom is -0.382 e. The second kappa shape index (κ2) is 5.06. The van der Waals surface area contributed by atoms with Gasteiger partial charge in [0.25, 0.3) is 0 Å². The lowest BCUT2D eigenvalue weighted by molar-refractivity contribution is 0.598. The van der Waals surface area contributed by atoms with E-state index >= 15 is 0 Å². The summed E-state index contributed by atoms with van der Waals surface area (Å²) in [6, 6.07) is 5.46. The van der Waals surface area contributed by atoms with Crippen LogP contribution in [0, 0.1) is 6.92 Å². The second-order valence-corrected chi connectivity index (χ2v) is 6.69. The number of hydrogen-bond acceptors (Lipinski definition) is 3. The first-order chi connectivity index (χ1) is 7.28. The fourth-order valence-corrected chi connectivity index (χ4v) is 2.64. The first-order valence-corrected chi connectivity index (χ1v) is 7.42. The third kappa shape index (κ3) is 4.41. The van der Waals surface area contributed by atoms with Gasteiger partial charge in [-0.05, 0) is 31.5 Å². The summed E-state index contributed by atoms with van der Waals surface area (Å²) in [5, 5.41) is 3.78. The Kier molecular flexibility index (Phi) is 4.21. The molecule has 1 atom stereocenters. The van der Waals surface area contributed by atoms with E-state index in [1.165, 1.54) is 6.26 Å². The molecule has 0 amide bonds. The van der Waals surface area contributed by atoms with Gasteiger partial charge < -0.3 is 5.32 Å². The summed E-state index contributed by atoms with van der Waals surface area (Å²) in [4.78, 5) is 0. The normalized spacial score (nSPS) is 13.5. The Balaban J connectivity index is 2.70. The van der Waals surface area contributed by atoms with Gasteiger partial charge in [-0.3, -0.25) is 0 Å². The smallest absolute Gasteiger partial charge is 0.149 e. The van der Waals surface area contributed by atoms with Gasteiger partial charge in [-0.1, -0.05) is 17.7 Å². The van der Waals surface area contributed by atoms with E-state index < -0.39 is 9.84 Å². The van der Waals surface area contributed by atoms with Gasteiger partial charge in [-0.2, -0.15) is 0 Å². The maximum absolute atomic E-state index is 11.1. The highest BCUT2D eigenvalue weighted by molar-refractivity contribution is 7.90. The molecule has 0 fully saturated rings. The Labute approximate surface area is 102 Å². The maximum atomic E-state index is 11.1. The molecule has 5 heteroatoms. The molecule has 0 spiro atoms. The number of nitrogens with one attached hydrogen (secondary N) is 1. The van der Waals surface area contributed by atoms with Crippen molar-refractivity contribution in [3.05, 3.63) is 28.8 Å². The largest absolute Gasteiger partial charge is 0.382 e. The molecule has 16 heavy (non-hydrogen) atoms. The van der Waals surface area contributed by atoms with E-state index in [-0.39, 0.29) is 11.8 Å². The van der Waals surface area contributed by atoms with Crippen molar-refractivity contribution in [2.75, 3.05) is 17.3 Å². The van der Waals surface area contributed by atoms with E-state index in [0.717, 1.165) is 11.3 Å². The Morgan fingerprint density at radius 2 is 2.06 bits per heavy atom. The molecule has 0 aliphatic heterocycles. The third-order valence-electron chi connectivity index (χ3n) is 2.14. The molecule has 0 aliphatic carbocycles.